The molecule has 2 aromatic carbocycles. The van der Waals surface area contributed by atoms with Crippen LogP contribution in [0.2, 0.25) is 0 Å². The highest BCUT2D eigenvalue weighted by molar-refractivity contribution is 8.18. The fraction of sp³-hybridized carbons (Fsp3) is 0.200. The molecule has 0 aliphatic carbocycles. The summed E-state index contributed by atoms with van der Waals surface area (Å²) in [4.78, 5) is 22.0. The van der Waals surface area contributed by atoms with E-state index in [1.165, 1.54) is 23.0 Å². The number of thioether (sulfide) groups is 1. The van der Waals surface area contributed by atoms with Gasteiger partial charge >= 0.3 is 0 Å². The molecule has 1 fully saturated rings. The van der Waals surface area contributed by atoms with Gasteiger partial charge in [-0.3, -0.25) is 4.79 Å². The molecule has 0 bridgehead atoms. The van der Waals surface area contributed by atoms with Gasteiger partial charge in [0, 0.05) is 43.5 Å². The van der Waals surface area contributed by atoms with Crippen molar-refractivity contribution < 1.29 is 9.21 Å². The van der Waals surface area contributed by atoms with E-state index in [2.05, 4.69) is 46.0 Å². The summed E-state index contributed by atoms with van der Waals surface area (Å²) in [5.41, 5.74) is 3.54. The monoisotopic (exact) mass is 429 g/mol. The van der Waals surface area contributed by atoms with E-state index < -0.39 is 0 Å². The van der Waals surface area contributed by atoms with Crippen molar-refractivity contribution in [2.24, 2.45) is 4.99 Å². The zero-order chi connectivity index (χ0) is 21.2. The number of aryl methyl sites for hydroxylation is 1. The minimum atomic E-state index is -0.196. The van der Waals surface area contributed by atoms with Gasteiger partial charge in [-0.1, -0.05) is 42.5 Å². The number of benzene rings is 2. The number of aliphatic imine (C=N–C) groups is 1. The lowest BCUT2D eigenvalue weighted by Crippen LogP contribution is -2.47. The van der Waals surface area contributed by atoms with Gasteiger partial charge in [-0.25, -0.2) is 0 Å². The Bertz CT molecular complexity index is 1160. The molecule has 31 heavy (non-hydrogen) atoms. The Kier molecular flexibility index (Phi) is 5.38. The Morgan fingerprint density at radius 2 is 1.71 bits per heavy atom. The summed E-state index contributed by atoms with van der Waals surface area (Å²) in [5, 5.41) is 0.787. The van der Waals surface area contributed by atoms with Gasteiger partial charge in [0.1, 0.15) is 11.5 Å². The SMILES string of the molecule is Cc1cccc(N2CCN(C3=NC(=O)/C(=C\c4ccc(-c5ccccc5)o4)S3)CC2)c1. The lowest BCUT2D eigenvalue weighted by Gasteiger charge is -2.36. The van der Waals surface area contributed by atoms with E-state index in [-0.39, 0.29) is 5.91 Å². The first-order valence-corrected chi connectivity index (χ1v) is 11.2. The number of amidine groups is 1. The molecule has 0 radical (unpaired) electrons. The minimum absolute atomic E-state index is 0.196. The van der Waals surface area contributed by atoms with Crippen molar-refractivity contribution >= 4 is 34.6 Å². The molecule has 3 aromatic rings. The van der Waals surface area contributed by atoms with Crippen molar-refractivity contribution in [1.82, 2.24) is 4.90 Å². The predicted molar refractivity (Wildman–Crippen MR) is 127 cm³/mol. The van der Waals surface area contributed by atoms with Gasteiger partial charge in [0.2, 0.25) is 0 Å². The van der Waals surface area contributed by atoms with Crippen LogP contribution < -0.4 is 4.90 Å². The fourth-order valence-electron chi connectivity index (χ4n) is 3.83. The number of furan rings is 1. The van der Waals surface area contributed by atoms with Gasteiger partial charge in [-0.15, -0.1) is 0 Å². The number of piperazine rings is 1. The number of anilines is 1. The van der Waals surface area contributed by atoms with Crippen molar-refractivity contribution in [2.75, 3.05) is 31.1 Å². The van der Waals surface area contributed by atoms with E-state index in [1.54, 1.807) is 6.08 Å². The van der Waals surface area contributed by atoms with Crippen LogP contribution in [-0.2, 0) is 4.79 Å². The largest absolute Gasteiger partial charge is 0.457 e. The summed E-state index contributed by atoms with van der Waals surface area (Å²) in [6.45, 7) is 5.63. The van der Waals surface area contributed by atoms with Crippen molar-refractivity contribution in [3.8, 4) is 11.3 Å². The molecular weight excluding hydrogens is 406 g/mol. The average Bonchev–Trinajstić information content (AvgIpc) is 3.42. The molecule has 2 aliphatic heterocycles. The maximum atomic E-state index is 12.5. The van der Waals surface area contributed by atoms with Gasteiger partial charge in [0.15, 0.2) is 5.17 Å². The van der Waals surface area contributed by atoms with Gasteiger partial charge in [0.25, 0.3) is 5.91 Å². The lowest BCUT2D eigenvalue weighted by atomic mass is 10.2. The standard InChI is InChI=1S/C25H23N3O2S/c1-18-6-5-9-20(16-18)27-12-14-28(15-13-27)25-26-24(29)23(31-25)17-21-10-11-22(30-21)19-7-3-2-4-8-19/h2-11,16-17H,12-15H2,1H3/b23-17+. The number of rotatable bonds is 3. The minimum Gasteiger partial charge on any atom is -0.457 e. The summed E-state index contributed by atoms with van der Waals surface area (Å²) in [7, 11) is 0. The zero-order valence-electron chi connectivity index (χ0n) is 17.3. The van der Waals surface area contributed by atoms with E-state index in [0.29, 0.717) is 10.7 Å². The van der Waals surface area contributed by atoms with E-state index in [1.807, 2.05) is 42.5 Å². The second-order valence-corrected chi connectivity index (χ2v) is 8.70. The van der Waals surface area contributed by atoms with Crippen LogP contribution in [-0.4, -0.2) is 42.2 Å². The Morgan fingerprint density at radius 3 is 2.48 bits per heavy atom. The van der Waals surface area contributed by atoms with E-state index in [0.717, 1.165) is 42.7 Å². The van der Waals surface area contributed by atoms with E-state index in [9.17, 15) is 4.79 Å². The highest BCUT2D eigenvalue weighted by Crippen LogP contribution is 2.32. The predicted octanol–water partition coefficient (Wildman–Crippen LogP) is 5.05. The van der Waals surface area contributed by atoms with Crippen LogP contribution in [0.5, 0.6) is 0 Å². The second-order valence-electron chi connectivity index (χ2n) is 7.69. The molecule has 0 spiro atoms. The highest BCUT2D eigenvalue weighted by atomic mass is 32.2. The Labute approximate surface area is 186 Å². The summed E-state index contributed by atoms with van der Waals surface area (Å²) < 4.78 is 5.92. The third-order valence-electron chi connectivity index (χ3n) is 5.48. The molecule has 3 heterocycles. The molecule has 5 nitrogen and oxygen atoms in total. The first-order chi connectivity index (χ1) is 15.2. The third kappa shape index (κ3) is 4.30. The molecule has 5 rings (SSSR count). The van der Waals surface area contributed by atoms with Gasteiger partial charge in [-0.05, 0) is 48.5 Å². The summed E-state index contributed by atoms with van der Waals surface area (Å²) in [6, 6.07) is 22.3. The van der Waals surface area contributed by atoms with Crippen LogP contribution in [0.4, 0.5) is 5.69 Å². The van der Waals surface area contributed by atoms with Crippen LogP contribution in [0.15, 0.2) is 81.0 Å². The topological polar surface area (TPSA) is 49.0 Å². The summed E-state index contributed by atoms with van der Waals surface area (Å²) in [5.74, 6) is 1.26. The quantitative estimate of drug-likeness (QED) is 0.546. The normalized spacial score (nSPS) is 18.0. The fourth-order valence-corrected chi connectivity index (χ4v) is 4.78. The molecule has 2 aliphatic rings. The number of carbonyl (C=O) groups excluding carboxylic acids is 1. The molecule has 1 saturated heterocycles. The maximum absolute atomic E-state index is 12.5. The number of carbonyl (C=O) groups is 1. The van der Waals surface area contributed by atoms with E-state index in [4.69, 9.17) is 4.42 Å². The van der Waals surface area contributed by atoms with E-state index >= 15 is 0 Å². The smallest absolute Gasteiger partial charge is 0.286 e. The zero-order valence-corrected chi connectivity index (χ0v) is 18.1. The Morgan fingerprint density at radius 1 is 0.935 bits per heavy atom. The van der Waals surface area contributed by atoms with Crippen LogP contribution in [0.3, 0.4) is 0 Å². The van der Waals surface area contributed by atoms with Gasteiger partial charge < -0.3 is 14.2 Å². The van der Waals surface area contributed by atoms with Crippen LogP contribution in [0, 0.1) is 6.92 Å². The lowest BCUT2D eigenvalue weighted by molar-refractivity contribution is -0.113. The maximum Gasteiger partial charge on any atom is 0.286 e. The number of hydrogen-bond acceptors (Lipinski definition) is 5. The Hall–Kier alpha value is -3.25. The van der Waals surface area contributed by atoms with Gasteiger partial charge in [-0.2, -0.15) is 4.99 Å². The molecule has 1 amide bonds. The number of nitrogens with zero attached hydrogens (tertiary/aromatic N) is 3. The molecule has 0 atom stereocenters. The second kappa shape index (κ2) is 8.47. The molecular formula is C25H23N3O2S. The third-order valence-corrected chi connectivity index (χ3v) is 6.53. The first-order valence-electron chi connectivity index (χ1n) is 10.4. The molecule has 156 valence electrons. The average molecular weight is 430 g/mol. The first kappa shape index (κ1) is 19.7. The van der Waals surface area contributed by atoms with Crippen LogP contribution in [0.25, 0.3) is 17.4 Å². The molecule has 0 unspecified atom stereocenters. The summed E-state index contributed by atoms with van der Waals surface area (Å²) >= 11 is 1.43. The molecule has 6 heteroatoms. The highest BCUT2D eigenvalue weighted by Gasteiger charge is 2.28. The molecule has 1 aromatic heterocycles. The summed E-state index contributed by atoms with van der Waals surface area (Å²) in [6.07, 6.45) is 1.79. The van der Waals surface area contributed by atoms with Crippen molar-refractivity contribution in [2.45, 2.75) is 6.92 Å². The van der Waals surface area contributed by atoms with Gasteiger partial charge in [0.05, 0.1) is 4.91 Å². The molecule has 0 N–H and O–H groups in total. The van der Waals surface area contributed by atoms with Crippen molar-refractivity contribution in [1.29, 1.82) is 0 Å². The van der Waals surface area contributed by atoms with Crippen LogP contribution >= 0.6 is 11.8 Å². The molecule has 0 saturated carbocycles. The van der Waals surface area contributed by atoms with Crippen molar-refractivity contribution in [3.05, 3.63) is 83.0 Å². The number of hydrogen-bond donors (Lipinski definition) is 0. The number of amides is 1. The van der Waals surface area contributed by atoms with Crippen LogP contribution in [0.1, 0.15) is 11.3 Å². The van der Waals surface area contributed by atoms with Crippen molar-refractivity contribution in [3.63, 3.8) is 0 Å². The Balaban J connectivity index is 1.23.